The molecule has 0 radical (unpaired) electrons. The number of ether oxygens (including phenoxy) is 2. The molecule has 4 amide bonds. The van der Waals surface area contributed by atoms with Crippen LogP contribution in [0.3, 0.4) is 0 Å². The van der Waals surface area contributed by atoms with Crippen LogP contribution in [0, 0.1) is 0 Å². The van der Waals surface area contributed by atoms with E-state index in [2.05, 4.69) is 5.32 Å². The van der Waals surface area contributed by atoms with E-state index in [1.54, 1.807) is 24.3 Å². The Labute approximate surface area is 191 Å². The first-order chi connectivity index (χ1) is 15.4. The minimum atomic E-state index is -0.794. The van der Waals surface area contributed by atoms with Crippen molar-refractivity contribution in [3.8, 4) is 11.5 Å². The Bertz CT molecular complexity index is 1060. The maximum Gasteiger partial charge on any atom is 0.335 e. The Morgan fingerprint density at radius 3 is 2.38 bits per heavy atom. The van der Waals surface area contributed by atoms with Gasteiger partial charge >= 0.3 is 6.03 Å². The first-order valence-electron chi connectivity index (χ1n) is 10.5. The predicted molar refractivity (Wildman–Crippen MR) is 123 cm³/mol. The molecule has 0 saturated carbocycles. The van der Waals surface area contributed by atoms with Crippen LogP contribution in [0.25, 0.3) is 6.08 Å². The van der Waals surface area contributed by atoms with E-state index in [1.165, 1.54) is 6.08 Å². The average Bonchev–Trinajstić information content (AvgIpc) is 2.76. The van der Waals surface area contributed by atoms with Crippen LogP contribution in [-0.2, 0) is 16.0 Å². The number of barbiturate groups is 1. The van der Waals surface area contributed by atoms with Crippen molar-refractivity contribution in [1.29, 1.82) is 0 Å². The number of rotatable bonds is 8. The fourth-order valence-electron chi connectivity index (χ4n) is 3.22. The summed E-state index contributed by atoms with van der Waals surface area (Å²) in [4.78, 5) is 38.9. The fraction of sp³-hybridized carbons (Fsp3) is 0.292. The summed E-state index contributed by atoms with van der Waals surface area (Å²) in [6, 6.07) is 9.45. The van der Waals surface area contributed by atoms with Gasteiger partial charge in [-0.15, -0.1) is 0 Å². The lowest BCUT2D eigenvalue weighted by Crippen LogP contribution is -2.54. The second-order valence-corrected chi connectivity index (χ2v) is 7.50. The van der Waals surface area contributed by atoms with Gasteiger partial charge in [0, 0.05) is 0 Å². The monoisotopic (exact) mass is 456 g/mol. The van der Waals surface area contributed by atoms with Crippen molar-refractivity contribution in [3.63, 3.8) is 0 Å². The summed E-state index contributed by atoms with van der Waals surface area (Å²) in [5.41, 5.74) is 1.72. The van der Waals surface area contributed by atoms with Crippen LogP contribution >= 0.6 is 11.6 Å². The molecule has 0 aliphatic carbocycles. The zero-order valence-electron chi connectivity index (χ0n) is 18.2. The Kier molecular flexibility index (Phi) is 7.53. The van der Waals surface area contributed by atoms with E-state index in [0.717, 1.165) is 23.3 Å². The Hall–Kier alpha value is -3.32. The van der Waals surface area contributed by atoms with Crippen LogP contribution < -0.4 is 19.7 Å². The molecule has 1 aliphatic rings. The lowest BCUT2D eigenvalue weighted by atomic mass is 10.1. The third-order valence-electron chi connectivity index (χ3n) is 4.80. The van der Waals surface area contributed by atoms with Gasteiger partial charge in [0.25, 0.3) is 11.8 Å². The molecule has 168 valence electrons. The van der Waals surface area contributed by atoms with E-state index < -0.39 is 17.8 Å². The maximum atomic E-state index is 13.1. The molecule has 0 spiro atoms. The molecular weight excluding hydrogens is 432 g/mol. The lowest BCUT2D eigenvalue weighted by molar-refractivity contribution is -0.122. The number of halogens is 1. The molecule has 0 atom stereocenters. The van der Waals surface area contributed by atoms with E-state index in [9.17, 15) is 14.4 Å². The molecule has 1 saturated heterocycles. The molecule has 2 aromatic carbocycles. The van der Waals surface area contributed by atoms with E-state index in [-0.39, 0.29) is 5.57 Å². The summed E-state index contributed by atoms with van der Waals surface area (Å²) in [6.07, 6.45) is 3.01. The lowest BCUT2D eigenvalue weighted by Gasteiger charge is -2.26. The number of amides is 4. The molecule has 32 heavy (non-hydrogen) atoms. The number of hydrogen-bond donors (Lipinski definition) is 1. The number of benzene rings is 2. The molecule has 8 heteroatoms. The van der Waals surface area contributed by atoms with E-state index in [4.69, 9.17) is 21.1 Å². The van der Waals surface area contributed by atoms with Gasteiger partial charge < -0.3 is 9.47 Å². The highest BCUT2D eigenvalue weighted by Crippen LogP contribution is 2.37. The van der Waals surface area contributed by atoms with Crippen molar-refractivity contribution in [3.05, 3.63) is 58.1 Å². The quantitative estimate of drug-likeness (QED) is 0.457. The number of carbonyl (C=O) groups excluding carboxylic acids is 3. The van der Waals surface area contributed by atoms with Crippen LogP contribution in [0.5, 0.6) is 11.5 Å². The first-order valence-corrected chi connectivity index (χ1v) is 10.9. The minimum Gasteiger partial charge on any atom is -0.490 e. The summed E-state index contributed by atoms with van der Waals surface area (Å²) in [7, 11) is 0. The van der Waals surface area contributed by atoms with Crippen molar-refractivity contribution in [1.82, 2.24) is 5.32 Å². The fourth-order valence-corrected chi connectivity index (χ4v) is 3.49. The molecule has 0 bridgehead atoms. The number of imide groups is 2. The summed E-state index contributed by atoms with van der Waals surface area (Å²) < 4.78 is 11.3. The maximum absolute atomic E-state index is 13.1. The number of hydrogen-bond acceptors (Lipinski definition) is 5. The summed E-state index contributed by atoms with van der Waals surface area (Å²) in [6.45, 7) is 6.66. The van der Waals surface area contributed by atoms with Crippen molar-refractivity contribution < 1.29 is 23.9 Å². The number of urea groups is 1. The van der Waals surface area contributed by atoms with Crippen molar-refractivity contribution in [2.75, 3.05) is 18.1 Å². The van der Waals surface area contributed by atoms with Crippen LogP contribution in [0.1, 0.15) is 38.3 Å². The van der Waals surface area contributed by atoms with Gasteiger partial charge in [-0.05, 0) is 61.2 Å². The van der Waals surface area contributed by atoms with Gasteiger partial charge in [0.15, 0.2) is 11.5 Å². The van der Waals surface area contributed by atoms with Gasteiger partial charge in [-0.25, -0.2) is 9.69 Å². The summed E-state index contributed by atoms with van der Waals surface area (Å²) >= 11 is 6.39. The van der Waals surface area contributed by atoms with Crippen LogP contribution in [-0.4, -0.2) is 31.1 Å². The summed E-state index contributed by atoms with van der Waals surface area (Å²) in [5, 5.41) is 2.52. The number of nitrogens with zero attached hydrogens (tertiary/aromatic N) is 1. The SMILES string of the molecule is CCCOc1c(Cl)cc(/C=C2\C(=O)NC(=O)N(c3ccc(CC)cc3)C2=O)cc1OCC. The highest BCUT2D eigenvalue weighted by molar-refractivity contribution is 6.39. The molecule has 0 aromatic heterocycles. The standard InChI is InChI=1S/C24H25ClN2O5/c1-4-11-32-21-19(25)13-16(14-20(21)31-6-3)12-18-22(28)26-24(30)27(23(18)29)17-9-7-15(5-2)8-10-17/h7-10,12-14H,4-6,11H2,1-3H3,(H,26,28,30)/b18-12+. The van der Waals surface area contributed by atoms with Crippen molar-refractivity contribution in [2.24, 2.45) is 0 Å². The molecule has 1 aliphatic heterocycles. The van der Waals surface area contributed by atoms with Gasteiger partial charge in [-0.1, -0.05) is 37.6 Å². The van der Waals surface area contributed by atoms with Crippen molar-refractivity contribution >= 4 is 41.2 Å². The minimum absolute atomic E-state index is 0.190. The highest BCUT2D eigenvalue weighted by atomic mass is 35.5. The van der Waals surface area contributed by atoms with Crippen LogP contribution in [0.15, 0.2) is 42.0 Å². The topological polar surface area (TPSA) is 84.9 Å². The number of carbonyl (C=O) groups is 3. The normalized spacial score (nSPS) is 15.2. The third kappa shape index (κ3) is 4.94. The molecule has 1 fully saturated rings. The highest BCUT2D eigenvalue weighted by Gasteiger charge is 2.36. The zero-order chi connectivity index (χ0) is 23.3. The number of anilines is 1. The van der Waals surface area contributed by atoms with Crippen LogP contribution in [0.4, 0.5) is 10.5 Å². The molecule has 7 nitrogen and oxygen atoms in total. The molecular formula is C24H25ClN2O5. The van der Waals surface area contributed by atoms with Crippen LogP contribution in [0.2, 0.25) is 5.02 Å². The third-order valence-corrected chi connectivity index (χ3v) is 5.08. The smallest absolute Gasteiger partial charge is 0.335 e. The Morgan fingerprint density at radius 1 is 1.03 bits per heavy atom. The molecule has 0 unspecified atom stereocenters. The molecule has 1 heterocycles. The zero-order valence-corrected chi connectivity index (χ0v) is 19.0. The van der Waals surface area contributed by atoms with Crippen molar-refractivity contribution in [2.45, 2.75) is 33.6 Å². The number of aryl methyl sites for hydroxylation is 1. The molecule has 2 aromatic rings. The van der Waals surface area contributed by atoms with E-state index >= 15 is 0 Å². The second kappa shape index (κ2) is 10.3. The molecule has 1 N–H and O–H groups in total. The number of nitrogens with one attached hydrogen (secondary N) is 1. The van der Waals surface area contributed by atoms with Gasteiger partial charge in [-0.3, -0.25) is 14.9 Å². The average molecular weight is 457 g/mol. The Morgan fingerprint density at radius 2 is 1.75 bits per heavy atom. The van der Waals surface area contributed by atoms with Gasteiger partial charge in [0.05, 0.1) is 23.9 Å². The molecule has 3 rings (SSSR count). The summed E-state index contributed by atoms with van der Waals surface area (Å²) in [5.74, 6) is -0.679. The second-order valence-electron chi connectivity index (χ2n) is 7.09. The first kappa shape index (κ1) is 23.3. The van der Waals surface area contributed by atoms with E-state index in [1.807, 2.05) is 32.9 Å². The van der Waals surface area contributed by atoms with Gasteiger partial charge in [-0.2, -0.15) is 0 Å². The Balaban J connectivity index is 1.99. The largest absolute Gasteiger partial charge is 0.490 e. The predicted octanol–water partition coefficient (Wildman–Crippen LogP) is 4.76. The van der Waals surface area contributed by atoms with Gasteiger partial charge in [0.1, 0.15) is 5.57 Å². The van der Waals surface area contributed by atoms with E-state index in [0.29, 0.717) is 41.0 Å². The van der Waals surface area contributed by atoms with Gasteiger partial charge in [0.2, 0.25) is 0 Å².